The molecule has 8 saturated carbocycles. The summed E-state index contributed by atoms with van der Waals surface area (Å²) in [4.78, 5) is 0. The van der Waals surface area contributed by atoms with E-state index >= 15 is 0 Å². The van der Waals surface area contributed by atoms with Crippen LogP contribution in [0.3, 0.4) is 0 Å². The van der Waals surface area contributed by atoms with Gasteiger partial charge in [-0.2, -0.15) is 0 Å². The zero-order chi connectivity index (χ0) is 45.6. The SMILES string of the molecule is C.Clc1ccc2c(c1)C1(c3cc(Cl)ccc3-2)C2CC3CC(C2)CC1C3.Clc1cccc(-c2ccc3c(c2)C2(c4cc(Cl)ccc4-3)C3CC4CC(C3)CC2C4)c1.OB(O)c1cccc(Cl)c1.[B]C. The second-order valence-electron chi connectivity index (χ2n) is 20.6. The molecule has 0 unspecified atom stereocenters. The molecule has 10 aliphatic carbocycles. The van der Waals surface area contributed by atoms with Gasteiger partial charge in [-0.05, 0) is 239 Å². The summed E-state index contributed by atoms with van der Waals surface area (Å²) in [6.07, 6.45) is 14.1. The summed E-state index contributed by atoms with van der Waals surface area (Å²) in [6.45, 7) is 1.50. The fourth-order valence-corrected chi connectivity index (χ4v) is 16.7. The first-order valence-corrected chi connectivity index (χ1v) is 25.9. The summed E-state index contributed by atoms with van der Waals surface area (Å²) < 4.78 is 0. The Bertz CT molecular complexity index is 2730. The lowest BCUT2D eigenvalue weighted by Gasteiger charge is -2.61. The van der Waals surface area contributed by atoms with Crippen molar-refractivity contribution in [3.05, 3.63) is 169 Å². The Morgan fingerprint density at radius 1 is 0.403 bits per heavy atom. The monoisotopic (exact) mass is 982 g/mol. The van der Waals surface area contributed by atoms with Crippen LogP contribution in [0.5, 0.6) is 0 Å². The van der Waals surface area contributed by atoms with Gasteiger partial charge in [0.15, 0.2) is 0 Å². The third kappa shape index (κ3) is 7.78. The molecule has 0 atom stereocenters. The summed E-state index contributed by atoms with van der Waals surface area (Å²) in [5.74, 6) is 6.86. The van der Waals surface area contributed by atoms with Gasteiger partial charge < -0.3 is 10.0 Å². The van der Waals surface area contributed by atoms with Crippen molar-refractivity contribution in [2.75, 3.05) is 0 Å². The van der Waals surface area contributed by atoms with Gasteiger partial charge in [0.25, 0.3) is 0 Å². The highest BCUT2D eigenvalue weighted by molar-refractivity contribution is 6.59. The highest BCUT2D eigenvalue weighted by Gasteiger charge is 2.63. The van der Waals surface area contributed by atoms with E-state index < -0.39 is 7.12 Å². The Hall–Kier alpha value is -3.18. The molecule has 9 heteroatoms. The van der Waals surface area contributed by atoms with Crippen molar-refractivity contribution in [1.29, 1.82) is 0 Å². The Morgan fingerprint density at radius 2 is 0.731 bits per heavy atom. The fourth-order valence-electron chi connectivity index (χ4n) is 15.8. The quantitative estimate of drug-likeness (QED) is 0.170. The fraction of sp³-hybridized carbons (Fsp3) is 0.379. The third-order valence-corrected chi connectivity index (χ3v) is 18.7. The molecule has 2 radical (unpaired) electrons. The van der Waals surface area contributed by atoms with Gasteiger partial charge in [-0.1, -0.05) is 127 Å². The van der Waals surface area contributed by atoms with E-state index in [0.717, 1.165) is 67.4 Å². The van der Waals surface area contributed by atoms with Crippen molar-refractivity contribution in [3.8, 4) is 33.4 Å². The second kappa shape index (κ2) is 18.5. The molecule has 10 aliphatic rings. The summed E-state index contributed by atoms with van der Waals surface area (Å²) in [6, 6.07) is 41.6. The molecular formula is C58H57B2Cl5O2. The third-order valence-electron chi connectivity index (χ3n) is 17.5. The largest absolute Gasteiger partial charge is 0.488 e. The van der Waals surface area contributed by atoms with E-state index in [0.29, 0.717) is 10.5 Å². The standard InChI is InChI=1S/C28H24Cl2.C22H20Cl2.C6H6BClO2.CH3B.CH4/c29-22-3-1-2-18(13-22)19-4-6-24-25-7-5-23(30)15-27(25)28(26(24)14-19)20-9-16-8-17(11-20)12-21(28)10-16;23-16-1-3-18-19-4-2-17(24)11-21(19)22(20(18)10-16)14-6-12-5-13(8-14)9-15(22)7-12;8-6-3-1-2-5(4-6)7(9)10;1-2;/h1-7,13-17,20-21H,8-12H2;1-4,10-15H,5-9H2;1-4,9-10H;1H3;1H4. The maximum atomic E-state index is 8.65. The van der Waals surface area contributed by atoms with E-state index in [2.05, 4.69) is 86.7 Å². The predicted octanol–water partition coefficient (Wildman–Crippen LogP) is 16.0. The lowest BCUT2D eigenvalue weighted by atomic mass is 9.43. The molecule has 0 aromatic heterocycles. The van der Waals surface area contributed by atoms with Crippen LogP contribution in [0, 0.1) is 47.3 Å². The van der Waals surface area contributed by atoms with Crippen molar-refractivity contribution in [3.63, 3.8) is 0 Å². The average Bonchev–Trinajstić information content (AvgIpc) is 3.74. The van der Waals surface area contributed by atoms with E-state index in [1.165, 1.54) is 127 Å². The molecule has 0 aliphatic heterocycles. The zero-order valence-corrected chi connectivity index (χ0v) is 41.0. The first-order valence-electron chi connectivity index (χ1n) is 24.0. The number of hydrogen-bond acceptors (Lipinski definition) is 2. The van der Waals surface area contributed by atoms with Gasteiger partial charge in [-0.25, -0.2) is 0 Å². The van der Waals surface area contributed by atoms with Crippen molar-refractivity contribution >= 4 is 78.4 Å². The molecule has 0 heterocycles. The molecule has 6 aromatic carbocycles. The van der Waals surface area contributed by atoms with Crippen LogP contribution >= 0.6 is 58.0 Å². The second-order valence-corrected chi connectivity index (χ2v) is 22.8. The van der Waals surface area contributed by atoms with Gasteiger partial charge >= 0.3 is 7.12 Å². The number of fused-ring (bicyclic) bond motifs is 6. The summed E-state index contributed by atoms with van der Waals surface area (Å²) in [5.41, 5.74) is 15.0. The van der Waals surface area contributed by atoms with E-state index in [1.807, 2.05) is 18.2 Å². The van der Waals surface area contributed by atoms with Crippen LogP contribution in [0.2, 0.25) is 31.9 Å². The number of rotatable bonds is 2. The van der Waals surface area contributed by atoms with E-state index in [-0.39, 0.29) is 18.3 Å². The van der Waals surface area contributed by atoms with Crippen molar-refractivity contribution < 1.29 is 10.0 Å². The smallest absolute Gasteiger partial charge is 0.423 e. The van der Waals surface area contributed by atoms with Crippen molar-refractivity contribution in [2.24, 2.45) is 47.3 Å². The average molecular weight is 985 g/mol. The summed E-state index contributed by atoms with van der Waals surface area (Å²) in [5, 5.41) is 21.2. The lowest BCUT2D eigenvalue weighted by molar-refractivity contribution is -0.0399. The van der Waals surface area contributed by atoms with E-state index in [4.69, 9.17) is 68.1 Å². The molecule has 342 valence electrons. The van der Waals surface area contributed by atoms with E-state index in [1.54, 1.807) is 23.8 Å². The highest BCUT2D eigenvalue weighted by atomic mass is 35.5. The molecule has 2 spiro atoms. The number of benzene rings is 6. The van der Waals surface area contributed by atoms with Gasteiger partial charge in [0.05, 0.1) is 7.85 Å². The van der Waals surface area contributed by atoms with Crippen LogP contribution < -0.4 is 5.46 Å². The predicted molar refractivity (Wildman–Crippen MR) is 285 cm³/mol. The molecule has 0 amide bonds. The minimum atomic E-state index is -1.43. The minimum absolute atomic E-state index is 0. The van der Waals surface area contributed by atoms with Gasteiger partial charge in [0.1, 0.15) is 0 Å². The normalized spacial score (nSPS) is 28.1. The molecule has 8 bridgehead atoms. The number of halogens is 5. The first kappa shape index (κ1) is 47.5. The molecule has 2 N–H and O–H groups in total. The van der Waals surface area contributed by atoms with Crippen LogP contribution in [-0.2, 0) is 10.8 Å². The molecule has 2 nitrogen and oxygen atoms in total. The van der Waals surface area contributed by atoms with Crippen molar-refractivity contribution in [2.45, 2.75) is 89.3 Å². The van der Waals surface area contributed by atoms with Crippen LogP contribution in [0.1, 0.15) is 93.9 Å². The van der Waals surface area contributed by atoms with Gasteiger partial charge in [-0.15, -0.1) is 0 Å². The van der Waals surface area contributed by atoms with Crippen LogP contribution in [0.25, 0.3) is 33.4 Å². The molecular weight excluding hydrogens is 928 g/mol. The Labute approximate surface area is 424 Å². The molecule has 67 heavy (non-hydrogen) atoms. The Morgan fingerprint density at radius 3 is 1.09 bits per heavy atom. The van der Waals surface area contributed by atoms with Crippen LogP contribution in [0.15, 0.2) is 121 Å². The molecule has 6 aromatic rings. The van der Waals surface area contributed by atoms with E-state index in [9.17, 15) is 0 Å². The Kier molecular flexibility index (Phi) is 13.1. The minimum Gasteiger partial charge on any atom is -0.423 e. The van der Waals surface area contributed by atoms with Gasteiger partial charge in [0, 0.05) is 35.9 Å². The first-order chi connectivity index (χ1) is 32.0. The molecule has 0 saturated heterocycles. The lowest BCUT2D eigenvalue weighted by Crippen LogP contribution is -2.55. The van der Waals surface area contributed by atoms with Gasteiger partial charge in [0.2, 0.25) is 0 Å². The maximum absolute atomic E-state index is 8.65. The Balaban J connectivity index is 0.000000127. The number of hydrogen-bond donors (Lipinski definition) is 2. The topological polar surface area (TPSA) is 40.5 Å². The molecule has 8 fully saturated rings. The zero-order valence-electron chi connectivity index (χ0n) is 37.2. The van der Waals surface area contributed by atoms with Gasteiger partial charge in [-0.3, -0.25) is 0 Å². The summed E-state index contributed by atoms with van der Waals surface area (Å²) in [7, 11) is 3.07. The highest BCUT2D eigenvalue weighted by Crippen LogP contribution is 2.71. The maximum Gasteiger partial charge on any atom is 0.488 e. The summed E-state index contributed by atoms with van der Waals surface area (Å²) >= 11 is 31.4. The molecule has 16 rings (SSSR count). The van der Waals surface area contributed by atoms with Crippen LogP contribution in [0.4, 0.5) is 0 Å². The van der Waals surface area contributed by atoms with Crippen LogP contribution in [-0.4, -0.2) is 25.0 Å². The van der Waals surface area contributed by atoms with Crippen molar-refractivity contribution in [1.82, 2.24) is 0 Å².